The summed E-state index contributed by atoms with van der Waals surface area (Å²) in [5, 5.41) is 7.32. The fraction of sp³-hybridized carbons (Fsp3) is 0.174. The van der Waals surface area contributed by atoms with Gasteiger partial charge >= 0.3 is 0 Å². The van der Waals surface area contributed by atoms with Crippen LogP contribution in [0.5, 0.6) is 5.75 Å². The van der Waals surface area contributed by atoms with E-state index >= 15 is 0 Å². The summed E-state index contributed by atoms with van der Waals surface area (Å²) in [4.78, 5) is 12.1. The lowest BCUT2D eigenvalue weighted by molar-refractivity contribution is -0.118. The zero-order valence-electron chi connectivity index (χ0n) is 16.3. The molecule has 6 heteroatoms. The third kappa shape index (κ3) is 5.89. The maximum atomic E-state index is 12.1. The Morgan fingerprint density at radius 2 is 1.72 bits per heavy atom. The molecule has 0 aliphatic carbocycles. The van der Waals surface area contributed by atoms with Gasteiger partial charge in [0, 0.05) is 22.9 Å². The normalized spacial score (nSPS) is 10.5. The van der Waals surface area contributed by atoms with Crippen LogP contribution in [0.2, 0.25) is 10.0 Å². The van der Waals surface area contributed by atoms with Gasteiger partial charge in [-0.2, -0.15) is 0 Å². The monoisotopic (exact) mass is 428 g/mol. The Labute approximate surface area is 180 Å². The lowest BCUT2D eigenvalue weighted by atomic mass is 10.1. The molecule has 3 aromatic rings. The van der Waals surface area contributed by atoms with Gasteiger partial charge in [-0.05, 0) is 61.4 Å². The summed E-state index contributed by atoms with van der Waals surface area (Å²) < 4.78 is 5.57. The van der Waals surface area contributed by atoms with Crippen LogP contribution in [0.1, 0.15) is 16.7 Å². The summed E-state index contributed by atoms with van der Waals surface area (Å²) in [5.41, 5.74) is 4.83. The number of ether oxygens (including phenoxy) is 1. The maximum Gasteiger partial charge on any atom is 0.262 e. The second kappa shape index (κ2) is 9.68. The molecule has 3 rings (SSSR count). The van der Waals surface area contributed by atoms with Gasteiger partial charge in [0.05, 0.1) is 5.02 Å². The van der Waals surface area contributed by atoms with Gasteiger partial charge in [-0.15, -0.1) is 0 Å². The Kier molecular flexibility index (Phi) is 7.02. The van der Waals surface area contributed by atoms with E-state index in [1.807, 2.05) is 68.4 Å². The summed E-state index contributed by atoms with van der Waals surface area (Å²) in [5.74, 6) is 0.223. The molecule has 1 amide bonds. The number of carbonyl (C=O) groups is 1. The van der Waals surface area contributed by atoms with Crippen LogP contribution in [0.3, 0.4) is 0 Å². The van der Waals surface area contributed by atoms with Gasteiger partial charge in [0.25, 0.3) is 5.91 Å². The molecule has 0 spiro atoms. The van der Waals surface area contributed by atoms with Crippen LogP contribution in [-0.4, -0.2) is 12.5 Å². The van der Waals surface area contributed by atoms with Gasteiger partial charge in [-0.3, -0.25) is 4.79 Å². The standard InChI is InChI=1S/C23H22Cl2N2O2/c1-15-6-9-18(10-7-15)27-23(28)14-29-22-11-8-17(12-20(22)25)13-26-21-5-3-4-19(24)16(21)2/h3-12,26H,13-14H2,1-2H3,(H,27,28). The highest BCUT2D eigenvalue weighted by Crippen LogP contribution is 2.27. The summed E-state index contributed by atoms with van der Waals surface area (Å²) in [6.45, 7) is 4.43. The van der Waals surface area contributed by atoms with Gasteiger partial charge in [0.1, 0.15) is 5.75 Å². The number of aryl methyl sites for hydroxylation is 1. The van der Waals surface area contributed by atoms with E-state index in [2.05, 4.69) is 10.6 Å². The van der Waals surface area contributed by atoms with Crippen molar-refractivity contribution >= 4 is 40.5 Å². The van der Waals surface area contributed by atoms with E-state index in [1.54, 1.807) is 6.07 Å². The molecule has 0 bridgehead atoms. The van der Waals surface area contributed by atoms with Crippen LogP contribution < -0.4 is 15.4 Å². The van der Waals surface area contributed by atoms with Crippen molar-refractivity contribution in [2.24, 2.45) is 0 Å². The first-order valence-electron chi connectivity index (χ1n) is 9.19. The van der Waals surface area contributed by atoms with Gasteiger partial charge in [-0.1, -0.05) is 53.0 Å². The summed E-state index contributed by atoms with van der Waals surface area (Å²) in [7, 11) is 0. The van der Waals surface area contributed by atoms with E-state index < -0.39 is 0 Å². The molecule has 0 aromatic heterocycles. The third-order valence-corrected chi connectivity index (χ3v) is 5.15. The predicted molar refractivity (Wildman–Crippen MR) is 120 cm³/mol. The minimum Gasteiger partial charge on any atom is -0.482 e. The average Bonchev–Trinajstić information content (AvgIpc) is 2.70. The first kappa shape index (κ1) is 21.0. The van der Waals surface area contributed by atoms with Crippen molar-refractivity contribution in [3.8, 4) is 5.75 Å². The van der Waals surface area contributed by atoms with Crippen LogP contribution in [0.15, 0.2) is 60.7 Å². The molecule has 0 aliphatic heterocycles. The molecule has 0 unspecified atom stereocenters. The van der Waals surface area contributed by atoms with Crippen molar-refractivity contribution in [1.29, 1.82) is 0 Å². The SMILES string of the molecule is Cc1ccc(NC(=O)COc2ccc(CNc3cccc(Cl)c3C)cc2Cl)cc1. The van der Waals surface area contributed by atoms with E-state index in [0.717, 1.165) is 33.1 Å². The highest BCUT2D eigenvalue weighted by molar-refractivity contribution is 6.32. The lowest BCUT2D eigenvalue weighted by Gasteiger charge is -2.13. The van der Waals surface area contributed by atoms with Crippen molar-refractivity contribution < 1.29 is 9.53 Å². The fourth-order valence-electron chi connectivity index (χ4n) is 2.74. The molecule has 0 heterocycles. The fourth-order valence-corrected chi connectivity index (χ4v) is 3.18. The summed E-state index contributed by atoms with van der Waals surface area (Å²) in [6, 6.07) is 18.8. The number of amides is 1. The third-order valence-electron chi connectivity index (χ3n) is 4.44. The number of carbonyl (C=O) groups excluding carboxylic acids is 1. The van der Waals surface area contributed by atoms with Crippen molar-refractivity contribution in [2.75, 3.05) is 17.2 Å². The number of benzene rings is 3. The van der Waals surface area contributed by atoms with E-state index in [9.17, 15) is 4.79 Å². The second-order valence-corrected chi connectivity index (χ2v) is 7.55. The number of rotatable bonds is 7. The predicted octanol–water partition coefficient (Wildman–Crippen LogP) is 6.24. The molecule has 29 heavy (non-hydrogen) atoms. The first-order chi connectivity index (χ1) is 13.9. The molecule has 0 atom stereocenters. The quantitative estimate of drug-likeness (QED) is 0.468. The molecular formula is C23H22Cl2N2O2. The molecule has 0 fully saturated rings. The molecule has 0 saturated carbocycles. The number of halogens is 2. The second-order valence-electron chi connectivity index (χ2n) is 6.73. The van der Waals surface area contributed by atoms with E-state index in [0.29, 0.717) is 17.3 Å². The lowest BCUT2D eigenvalue weighted by Crippen LogP contribution is -2.20. The number of hydrogen-bond acceptors (Lipinski definition) is 3. The molecule has 3 aromatic carbocycles. The molecule has 150 valence electrons. The topological polar surface area (TPSA) is 50.4 Å². The van der Waals surface area contributed by atoms with E-state index in [-0.39, 0.29) is 12.5 Å². The Balaban J connectivity index is 1.54. The summed E-state index contributed by atoms with van der Waals surface area (Å²) >= 11 is 12.5. The zero-order chi connectivity index (χ0) is 20.8. The zero-order valence-corrected chi connectivity index (χ0v) is 17.8. The maximum absolute atomic E-state index is 12.1. The Hall–Kier alpha value is -2.69. The highest BCUT2D eigenvalue weighted by atomic mass is 35.5. The Morgan fingerprint density at radius 1 is 0.966 bits per heavy atom. The minimum atomic E-state index is -0.243. The largest absolute Gasteiger partial charge is 0.482 e. The summed E-state index contributed by atoms with van der Waals surface area (Å²) in [6.07, 6.45) is 0. The van der Waals surface area contributed by atoms with Crippen molar-refractivity contribution in [3.63, 3.8) is 0 Å². The minimum absolute atomic E-state index is 0.118. The van der Waals surface area contributed by atoms with Gasteiger partial charge in [0.2, 0.25) is 0 Å². The van der Waals surface area contributed by atoms with Gasteiger partial charge in [0.15, 0.2) is 6.61 Å². The smallest absolute Gasteiger partial charge is 0.262 e. The van der Waals surface area contributed by atoms with Crippen LogP contribution >= 0.6 is 23.2 Å². The van der Waals surface area contributed by atoms with Crippen molar-refractivity contribution in [1.82, 2.24) is 0 Å². The van der Waals surface area contributed by atoms with Crippen LogP contribution in [0, 0.1) is 13.8 Å². The van der Waals surface area contributed by atoms with E-state index in [4.69, 9.17) is 27.9 Å². The highest BCUT2D eigenvalue weighted by Gasteiger charge is 2.08. The Morgan fingerprint density at radius 3 is 2.45 bits per heavy atom. The molecule has 2 N–H and O–H groups in total. The van der Waals surface area contributed by atoms with Crippen LogP contribution in [-0.2, 0) is 11.3 Å². The van der Waals surface area contributed by atoms with Crippen LogP contribution in [0.4, 0.5) is 11.4 Å². The molecular weight excluding hydrogens is 407 g/mol. The van der Waals surface area contributed by atoms with Crippen LogP contribution in [0.25, 0.3) is 0 Å². The number of anilines is 2. The molecule has 0 aliphatic rings. The number of nitrogens with one attached hydrogen (secondary N) is 2. The molecule has 0 saturated heterocycles. The average molecular weight is 429 g/mol. The van der Waals surface area contributed by atoms with Crippen molar-refractivity contribution in [2.45, 2.75) is 20.4 Å². The molecule has 4 nitrogen and oxygen atoms in total. The van der Waals surface area contributed by atoms with Gasteiger partial charge in [-0.25, -0.2) is 0 Å². The van der Waals surface area contributed by atoms with Crippen molar-refractivity contribution in [3.05, 3.63) is 87.4 Å². The first-order valence-corrected chi connectivity index (χ1v) is 9.94. The Bertz CT molecular complexity index is 1000. The van der Waals surface area contributed by atoms with Gasteiger partial charge < -0.3 is 15.4 Å². The number of hydrogen-bond donors (Lipinski definition) is 2. The molecule has 0 radical (unpaired) electrons. The van der Waals surface area contributed by atoms with E-state index in [1.165, 1.54) is 0 Å².